The van der Waals surface area contributed by atoms with Crippen LogP contribution in [-0.4, -0.2) is 38.2 Å². The first-order valence-electron chi connectivity index (χ1n) is 9.56. The van der Waals surface area contributed by atoms with Crippen LogP contribution in [0.5, 0.6) is 17.4 Å². The Labute approximate surface area is 179 Å². The molecule has 1 N–H and O–H groups in total. The summed E-state index contributed by atoms with van der Waals surface area (Å²) in [6.45, 7) is 1.58. The molecule has 0 spiro atoms. The lowest BCUT2D eigenvalue weighted by Crippen LogP contribution is -2.14. The van der Waals surface area contributed by atoms with E-state index in [0.29, 0.717) is 37.1 Å². The summed E-state index contributed by atoms with van der Waals surface area (Å²) in [7, 11) is -3.98. The van der Waals surface area contributed by atoms with Crippen LogP contribution in [0.15, 0.2) is 66.0 Å². The lowest BCUT2D eigenvalue weighted by Gasteiger charge is -2.13. The standard InChI is InChI=1S/C21H20FN3O5S/c22-19-11-18(5-6-20(19)29-14-15-7-10-28-13-15)31(26,27)25-16-1-3-17(4-2-16)30-21-12-23-8-9-24-21/h1-6,8-9,11-12,15,25H,7,10,13-14H2. The number of aromatic nitrogens is 2. The van der Waals surface area contributed by atoms with Crippen LogP contribution < -0.4 is 14.2 Å². The molecule has 1 aliphatic heterocycles. The van der Waals surface area contributed by atoms with Gasteiger partial charge in [0.1, 0.15) is 5.75 Å². The molecule has 1 aliphatic rings. The van der Waals surface area contributed by atoms with E-state index in [1.54, 1.807) is 12.1 Å². The van der Waals surface area contributed by atoms with E-state index >= 15 is 0 Å². The summed E-state index contributed by atoms with van der Waals surface area (Å²) in [6, 6.07) is 9.78. The highest BCUT2D eigenvalue weighted by atomic mass is 32.2. The van der Waals surface area contributed by atoms with Crippen LogP contribution in [0.1, 0.15) is 6.42 Å². The van der Waals surface area contributed by atoms with Gasteiger partial charge < -0.3 is 14.2 Å². The Hall–Kier alpha value is -3.24. The molecule has 10 heteroatoms. The summed E-state index contributed by atoms with van der Waals surface area (Å²) >= 11 is 0. The molecule has 0 radical (unpaired) electrons. The van der Waals surface area contributed by atoms with Gasteiger partial charge in [-0.15, -0.1) is 0 Å². The minimum absolute atomic E-state index is 0.0105. The van der Waals surface area contributed by atoms with Crippen LogP contribution in [0, 0.1) is 11.7 Å². The average Bonchev–Trinajstić information content (AvgIpc) is 3.28. The van der Waals surface area contributed by atoms with Crippen LogP contribution in [0.25, 0.3) is 0 Å². The van der Waals surface area contributed by atoms with E-state index in [0.717, 1.165) is 12.5 Å². The highest BCUT2D eigenvalue weighted by Gasteiger charge is 2.20. The Balaban J connectivity index is 1.40. The third kappa shape index (κ3) is 5.47. The molecule has 1 saturated heterocycles. The van der Waals surface area contributed by atoms with E-state index in [4.69, 9.17) is 14.2 Å². The first kappa shape index (κ1) is 21.0. The molecule has 1 fully saturated rings. The highest BCUT2D eigenvalue weighted by molar-refractivity contribution is 7.92. The van der Waals surface area contributed by atoms with Crippen molar-refractivity contribution in [3.63, 3.8) is 0 Å². The number of anilines is 1. The van der Waals surface area contributed by atoms with Gasteiger partial charge in [-0.3, -0.25) is 9.71 Å². The largest absolute Gasteiger partial charge is 0.490 e. The van der Waals surface area contributed by atoms with Crippen molar-refractivity contribution in [1.29, 1.82) is 0 Å². The van der Waals surface area contributed by atoms with E-state index in [-0.39, 0.29) is 16.6 Å². The molecule has 0 bridgehead atoms. The SMILES string of the molecule is O=S(=O)(Nc1ccc(Oc2cnccn2)cc1)c1ccc(OCC2CCOC2)c(F)c1. The van der Waals surface area contributed by atoms with Crippen molar-refractivity contribution in [2.45, 2.75) is 11.3 Å². The van der Waals surface area contributed by atoms with Gasteiger partial charge in [0.15, 0.2) is 11.6 Å². The Morgan fingerprint density at radius 3 is 2.68 bits per heavy atom. The van der Waals surface area contributed by atoms with Gasteiger partial charge in [-0.1, -0.05) is 0 Å². The highest BCUT2D eigenvalue weighted by Crippen LogP contribution is 2.26. The number of hydrogen-bond donors (Lipinski definition) is 1. The van der Waals surface area contributed by atoms with E-state index in [2.05, 4.69) is 14.7 Å². The van der Waals surface area contributed by atoms with E-state index in [1.807, 2.05) is 0 Å². The number of ether oxygens (including phenoxy) is 3. The number of hydrogen-bond acceptors (Lipinski definition) is 7. The Morgan fingerprint density at radius 2 is 2.00 bits per heavy atom. The fourth-order valence-electron chi connectivity index (χ4n) is 2.95. The molecular weight excluding hydrogens is 425 g/mol. The molecule has 4 rings (SSSR count). The second-order valence-electron chi connectivity index (χ2n) is 6.91. The maximum atomic E-state index is 14.4. The molecule has 3 aromatic rings. The summed E-state index contributed by atoms with van der Waals surface area (Å²) in [5.74, 6) is 0.258. The monoisotopic (exact) mass is 445 g/mol. The Morgan fingerprint density at radius 1 is 1.16 bits per heavy atom. The van der Waals surface area contributed by atoms with Crippen molar-refractivity contribution in [1.82, 2.24) is 9.97 Å². The molecule has 8 nitrogen and oxygen atoms in total. The predicted molar refractivity (Wildman–Crippen MR) is 110 cm³/mol. The second kappa shape index (κ2) is 9.27. The molecule has 1 unspecified atom stereocenters. The number of benzene rings is 2. The Kier molecular flexibility index (Phi) is 6.28. The Bertz CT molecular complexity index is 1120. The maximum absolute atomic E-state index is 14.4. The van der Waals surface area contributed by atoms with Crippen LogP contribution >= 0.6 is 0 Å². The summed E-state index contributed by atoms with van der Waals surface area (Å²) in [6.07, 6.45) is 5.34. The zero-order valence-corrected chi connectivity index (χ0v) is 17.2. The summed E-state index contributed by atoms with van der Waals surface area (Å²) < 4.78 is 58.3. The van der Waals surface area contributed by atoms with Crippen LogP contribution in [0.3, 0.4) is 0 Å². The molecule has 31 heavy (non-hydrogen) atoms. The number of sulfonamides is 1. The summed E-state index contributed by atoms with van der Waals surface area (Å²) in [5.41, 5.74) is 0.300. The van der Waals surface area contributed by atoms with Crippen molar-refractivity contribution in [3.8, 4) is 17.4 Å². The van der Waals surface area contributed by atoms with Crippen LogP contribution in [0.2, 0.25) is 0 Å². The van der Waals surface area contributed by atoms with Gasteiger partial charge in [-0.2, -0.15) is 0 Å². The van der Waals surface area contributed by atoms with Crippen molar-refractivity contribution < 1.29 is 27.0 Å². The first-order valence-corrected chi connectivity index (χ1v) is 11.0. The fraction of sp³-hybridized carbons (Fsp3) is 0.238. The van der Waals surface area contributed by atoms with E-state index < -0.39 is 15.8 Å². The normalized spacial score (nSPS) is 16.1. The molecule has 0 saturated carbocycles. The molecule has 162 valence electrons. The van der Waals surface area contributed by atoms with Gasteiger partial charge in [-0.05, 0) is 48.9 Å². The van der Waals surface area contributed by atoms with Crippen molar-refractivity contribution >= 4 is 15.7 Å². The lowest BCUT2D eigenvalue weighted by molar-refractivity contribution is 0.165. The molecular formula is C21H20FN3O5S. The predicted octanol–water partition coefficient (Wildman–Crippen LogP) is 3.62. The first-order chi connectivity index (χ1) is 15.0. The van der Waals surface area contributed by atoms with E-state index in [1.165, 1.54) is 42.9 Å². The van der Waals surface area contributed by atoms with Crippen molar-refractivity contribution in [2.24, 2.45) is 5.92 Å². The molecule has 2 heterocycles. The molecule has 0 aliphatic carbocycles. The van der Waals surface area contributed by atoms with Crippen molar-refractivity contribution in [3.05, 3.63) is 66.9 Å². The quantitative estimate of drug-likeness (QED) is 0.565. The van der Waals surface area contributed by atoms with Gasteiger partial charge in [0.2, 0.25) is 5.88 Å². The smallest absolute Gasteiger partial charge is 0.262 e. The fourth-order valence-corrected chi connectivity index (χ4v) is 4.02. The van der Waals surface area contributed by atoms with Gasteiger partial charge in [0, 0.05) is 30.6 Å². The average molecular weight is 445 g/mol. The zero-order valence-electron chi connectivity index (χ0n) is 16.4. The third-order valence-electron chi connectivity index (χ3n) is 4.58. The topological polar surface area (TPSA) is 99.6 Å². The minimum Gasteiger partial charge on any atom is -0.490 e. The number of nitrogens with zero attached hydrogens (tertiary/aromatic N) is 2. The molecule has 1 atom stereocenters. The van der Waals surface area contributed by atoms with Gasteiger partial charge >= 0.3 is 0 Å². The third-order valence-corrected chi connectivity index (χ3v) is 5.96. The molecule has 1 aromatic heterocycles. The van der Waals surface area contributed by atoms with Gasteiger partial charge in [-0.25, -0.2) is 17.8 Å². The summed E-state index contributed by atoms with van der Waals surface area (Å²) in [4.78, 5) is 7.69. The minimum atomic E-state index is -3.98. The van der Waals surface area contributed by atoms with Gasteiger partial charge in [0.05, 0.1) is 24.3 Å². The number of rotatable bonds is 8. The second-order valence-corrected chi connectivity index (χ2v) is 8.59. The van der Waals surface area contributed by atoms with E-state index in [9.17, 15) is 12.8 Å². The zero-order chi connectivity index (χ0) is 21.7. The molecule has 0 amide bonds. The van der Waals surface area contributed by atoms with Crippen LogP contribution in [-0.2, 0) is 14.8 Å². The maximum Gasteiger partial charge on any atom is 0.262 e. The number of nitrogens with one attached hydrogen (secondary N) is 1. The lowest BCUT2D eigenvalue weighted by atomic mass is 10.1. The molecule has 2 aromatic carbocycles. The number of halogens is 1. The van der Waals surface area contributed by atoms with Gasteiger partial charge in [0.25, 0.3) is 10.0 Å². The summed E-state index contributed by atoms with van der Waals surface area (Å²) in [5, 5.41) is 0. The van der Waals surface area contributed by atoms with Crippen molar-refractivity contribution in [2.75, 3.05) is 24.5 Å². The van der Waals surface area contributed by atoms with Crippen LogP contribution in [0.4, 0.5) is 10.1 Å².